The van der Waals surface area contributed by atoms with E-state index in [2.05, 4.69) is 10.3 Å². The van der Waals surface area contributed by atoms with E-state index in [1.165, 1.54) is 29.6 Å². The number of ether oxygens (including phenoxy) is 1. The zero-order chi connectivity index (χ0) is 20.1. The van der Waals surface area contributed by atoms with Crippen LogP contribution in [0.25, 0.3) is 10.6 Å². The Morgan fingerprint density at radius 1 is 1.21 bits per heavy atom. The Morgan fingerprint density at radius 3 is 2.79 bits per heavy atom. The molecule has 0 aliphatic heterocycles. The van der Waals surface area contributed by atoms with E-state index in [4.69, 9.17) is 16.3 Å². The Hall–Kier alpha value is -2.55. The van der Waals surface area contributed by atoms with Gasteiger partial charge in [0.1, 0.15) is 5.01 Å². The zero-order valence-electron chi connectivity index (χ0n) is 14.7. The Balaban J connectivity index is 1.57. The van der Waals surface area contributed by atoms with Crippen LogP contribution in [0.5, 0.6) is 0 Å². The van der Waals surface area contributed by atoms with Gasteiger partial charge >= 0.3 is 5.97 Å². The highest BCUT2D eigenvalue weighted by atomic mass is 35.5. The second kappa shape index (κ2) is 9.09. The van der Waals surface area contributed by atoms with Crippen molar-refractivity contribution in [2.75, 3.05) is 6.61 Å². The minimum Gasteiger partial charge on any atom is -0.453 e. The summed E-state index contributed by atoms with van der Waals surface area (Å²) in [5, 5.41) is 5.47. The molecule has 1 aromatic carbocycles. The number of halogens is 1. The van der Waals surface area contributed by atoms with Crippen molar-refractivity contribution < 1.29 is 19.1 Å². The monoisotopic (exact) mass is 434 g/mol. The van der Waals surface area contributed by atoms with Gasteiger partial charge in [-0.05, 0) is 24.3 Å². The molecule has 0 saturated heterocycles. The van der Waals surface area contributed by atoms with Gasteiger partial charge in [0.25, 0.3) is 0 Å². The molecule has 2 heterocycles. The predicted molar refractivity (Wildman–Crippen MR) is 109 cm³/mol. The summed E-state index contributed by atoms with van der Waals surface area (Å²) in [6.45, 7) is 1.41. The van der Waals surface area contributed by atoms with E-state index >= 15 is 0 Å². The number of nitrogens with zero attached hydrogens (tertiary/aromatic N) is 1. The zero-order valence-corrected chi connectivity index (χ0v) is 17.1. The number of carbonyl (C=O) groups excluding carboxylic acids is 3. The summed E-state index contributed by atoms with van der Waals surface area (Å²) >= 11 is 8.52. The lowest BCUT2D eigenvalue weighted by Crippen LogP contribution is -2.18. The van der Waals surface area contributed by atoms with Gasteiger partial charge in [0.2, 0.25) is 11.7 Å². The van der Waals surface area contributed by atoms with Crippen molar-refractivity contribution in [3.63, 3.8) is 0 Å². The highest BCUT2D eigenvalue weighted by Crippen LogP contribution is 2.26. The van der Waals surface area contributed by atoms with Crippen LogP contribution < -0.4 is 5.32 Å². The first-order valence-electron chi connectivity index (χ1n) is 8.17. The van der Waals surface area contributed by atoms with Crippen LogP contribution in [0, 0.1) is 0 Å². The third-order valence-electron chi connectivity index (χ3n) is 3.57. The van der Waals surface area contributed by atoms with E-state index < -0.39 is 5.97 Å². The van der Waals surface area contributed by atoms with Crippen LogP contribution in [0.2, 0.25) is 5.02 Å². The van der Waals surface area contributed by atoms with Crippen LogP contribution in [0.1, 0.15) is 32.0 Å². The highest BCUT2D eigenvalue weighted by molar-refractivity contribution is 7.14. The largest absolute Gasteiger partial charge is 0.453 e. The van der Waals surface area contributed by atoms with Crippen molar-refractivity contribution >= 4 is 51.9 Å². The molecule has 0 spiro atoms. The van der Waals surface area contributed by atoms with E-state index in [1.54, 1.807) is 35.7 Å². The first kappa shape index (κ1) is 20.2. The molecule has 0 bridgehead atoms. The van der Waals surface area contributed by atoms with Gasteiger partial charge in [0.05, 0.1) is 11.4 Å². The summed E-state index contributed by atoms with van der Waals surface area (Å²) in [5.41, 5.74) is 0.947. The average molecular weight is 435 g/mol. The van der Waals surface area contributed by atoms with E-state index in [9.17, 15) is 14.4 Å². The van der Waals surface area contributed by atoms with Crippen molar-refractivity contribution in [3.05, 3.63) is 62.2 Å². The first-order valence-corrected chi connectivity index (χ1v) is 10.2. The molecular weight excluding hydrogens is 420 g/mol. The Labute approximate surface area is 174 Å². The lowest BCUT2D eigenvalue weighted by Gasteiger charge is -2.01. The highest BCUT2D eigenvalue weighted by Gasteiger charge is 2.17. The lowest BCUT2D eigenvalue weighted by atomic mass is 10.2. The summed E-state index contributed by atoms with van der Waals surface area (Å²) in [5.74, 6) is -1.11. The third-order valence-corrected chi connectivity index (χ3v) is 5.82. The number of amides is 1. The molecular formula is C19H15ClN2O4S2. The molecule has 0 aliphatic carbocycles. The fourth-order valence-electron chi connectivity index (χ4n) is 2.23. The molecule has 1 N–H and O–H groups in total. The van der Waals surface area contributed by atoms with Crippen LogP contribution >= 0.6 is 34.3 Å². The summed E-state index contributed by atoms with van der Waals surface area (Å²) in [6, 6.07) is 10.6. The molecule has 6 nitrogen and oxygen atoms in total. The molecule has 9 heteroatoms. The minimum absolute atomic E-state index is 0.143. The Bertz CT molecular complexity index is 1030. The first-order chi connectivity index (χ1) is 13.4. The fourth-order valence-corrected chi connectivity index (χ4v) is 4.08. The predicted octanol–water partition coefficient (Wildman–Crippen LogP) is 4.20. The molecule has 0 atom stereocenters. The maximum Gasteiger partial charge on any atom is 0.358 e. The number of hydrogen-bond donors (Lipinski definition) is 1. The third kappa shape index (κ3) is 5.25. The van der Waals surface area contributed by atoms with Gasteiger partial charge < -0.3 is 10.1 Å². The molecule has 0 radical (unpaired) electrons. The summed E-state index contributed by atoms with van der Waals surface area (Å²) in [4.78, 5) is 40.9. The SMILES string of the molecule is CC(=O)NCc1ccc(C(=O)COC(=O)c2csc(-c3cccc(Cl)c3)n2)s1. The van der Waals surface area contributed by atoms with Crippen LogP contribution in [0.15, 0.2) is 41.8 Å². The van der Waals surface area contributed by atoms with E-state index in [0.717, 1.165) is 10.4 Å². The van der Waals surface area contributed by atoms with Crippen molar-refractivity contribution in [1.29, 1.82) is 0 Å². The Morgan fingerprint density at radius 2 is 2.04 bits per heavy atom. The second-order valence-electron chi connectivity index (χ2n) is 5.72. The molecule has 0 saturated carbocycles. The molecule has 0 fully saturated rings. The molecule has 28 heavy (non-hydrogen) atoms. The van der Waals surface area contributed by atoms with Gasteiger partial charge in [-0.15, -0.1) is 22.7 Å². The normalized spacial score (nSPS) is 10.5. The van der Waals surface area contributed by atoms with Crippen molar-refractivity contribution in [1.82, 2.24) is 10.3 Å². The summed E-state index contributed by atoms with van der Waals surface area (Å²) < 4.78 is 5.09. The summed E-state index contributed by atoms with van der Waals surface area (Å²) in [7, 11) is 0. The maximum absolute atomic E-state index is 12.2. The summed E-state index contributed by atoms with van der Waals surface area (Å²) in [6.07, 6.45) is 0. The van der Waals surface area contributed by atoms with Gasteiger partial charge in [0.15, 0.2) is 12.3 Å². The average Bonchev–Trinajstić information content (AvgIpc) is 3.34. The van der Waals surface area contributed by atoms with Crippen molar-refractivity contribution in [2.24, 2.45) is 0 Å². The minimum atomic E-state index is -0.659. The number of nitrogens with one attached hydrogen (secondary N) is 1. The number of hydrogen-bond acceptors (Lipinski definition) is 7. The number of ketones is 1. The van der Waals surface area contributed by atoms with Gasteiger partial charge in [-0.2, -0.15) is 0 Å². The molecule has 3 rings (SSSR count). The molecule has 2 aromatic heterocycles. The maximum atomic E-state index is 12.2. The van der Waals surface area contributed by atoms with E-state index in [1.807, 2.05) is 6.07 Å². The van der Waals surface area contributed by atoms with E-state index in [0.29, 0.717) is 21.5 Å². The molecule has 3 aromatic rings. The quantitative estimate of drug-likeness (QED) is 0.445. The number of esters is 1. The number of aromatic nitrogens is 1. The van der Waals surface area contributed by atoms with Crippen LogP contribution in [0.4, 0.5) is 0 Å². The van der Waals surface area contributed by atoms with Gasteiger partial charge in [-0.25, -0.2) is 9.78 Å². The van der Waals surface area contributed by atoms with Crippen LogP contribution in [0.3, 0.4) is 0 Å². The lowest BCUT2D eigenvalue weighted by molar-refractivity contribution is -0.119. The number of thiophene rings is 1. The van der Waals surface area contributed by atoms with Crippen molar-refractivity contribution in [3.8, 4) is 10.6 Å². The molecule has 144 valence electrons. The molecule has 0 aliphatic rings. The van der Waals surface area contributed by atoms with Gasteiger partial charge in [0, 0.05) is 27.8 Å². The topological polar surface area (TPSA) is 85.4 Å². The molecule has 0 unspecified atom stereocenters. The standard InChI is InChI=1S/C19H15ClN2O4S2/c1-11(23)21-8-14-5-6-17(28-14)16(24)9-26-19(25)15-10-27-18(22-15)12-3-2-4-13(20)7-12/h2-7,10H,8-9H2,1H3,(H,21,23). The van der Waals surface area contributed by atoms with Gasteiger partial charge in [-0.1, -0.05) is 23.7 Å². The smallest absolute Gasteiger partial charge is 0.358 e. The molecule has 1 amide bonds. The number of rotatable bonds is 7. The van der Waals surface area contributed by atoms with Crippen molar-refractivity contribution in [2.45, 2.75) is 13.5 Å². The second-order valence-corrected chi connectivity index (χ2v) is 8.19. The van der Waals surface area contributed by atoms with E-state index in [-0.39, 0.29) is 24.0 Å². The number of Topliss-reactive ketones (excluding diaryl/α,β-unsaturated/α-hetero) is 1. The van der Waals surface area contributed by atoms with Crippen LogP contribution in [-0.2, 0) is 16.1 Å². The number of thiazole rings is 1. The number of carbonyl (C=O) groups is 3. The van der Waals surface area contributed by atoms with Crippen LogP contribution in [-0.4, -0.2) is 29.3 Å². The fraction of sp³-hybridized carbons (Fsp3) is 0.158. The Kier molecular flexibility index (Phi) is 6.56. The number of benzene rings is 1. The van der Waals surface area contributed by atoms with Gasteiger partial charge in [-0.3, -0.25) is 9.59 Å².